The summed E-state index contributed by atoms with van der Waals surface area (Å²) in [6, 6.07) is 3.96. The molecule has 1 N–H and O–H groups in total. The van der Waals surface area contributed by atoms with Crippen molar-refractivity contribution in [3.63, 3.8) is 0 Å². The van der Waals surface area contributed by atoms with E-state index in [1.54, 1.807) is 28.6 Å². The molecule has 2 aromatic rings. The lowest BCUT2D eigenvalue weighted by Crippen LogP contribution is -2.51. The zero-order valence-corrected chi connectivity index (χ0v) is 14.0. The van der Waals surface area contributed by atoms with E-state index in [0.29, 0.717) is 6.54 Å². The highest BCUT2D eigenvalue weighted by atomic mass is 32.1. The lowest BCUT2D eigenvalue weighted by atomic mass is 10.1. The zero-order chi connectivity index (χ0) is 16.1. The van der Waals surface area contributed by atoms with Gasteiger partial charge in [0.25, 0.3) is 0 Å². The highest BCUT2D eigenvalue weighted by Crippen LogP contribution is 2.15. The average molecular weight is 331 g/mol. The number of urea groups is 1. The number of amides is 2. The number of carbonyl (C=O) groups is 1. The number of hydrogen-bond acceptors (Lipinski definition) is 5. The molecular weight excluding hydrogens is 310 g/mol. The van der Waals surface area contributed by atoms with Crippen LogP contribution in [0, 0.1) is 0 Å². The summed E-state index contributed by atoms with van der Waals surface area (Å²) in [5.41, 5.74) is 1.16. The topological polar surface area (TPSA) is 61.4 Å². The molecule has 3 rings (SSSR count). The molecule has 0 bridgehead atoms. The second-order valence-electron chi connectivity index (χ2n) is 5.77. The van der Waals surface area contributed by atoms with Crippen LogP contribution in [-0.2, 0) is 6.54 Å². The summed E-state index contributed by atoms with van der Waals surface area (Å²) in [7, 11) is 1.83. The number of aromatic nitrogens is 2. The quantitative estimate of drug-likeness (QED) is 0.934. The van der Waals surface area contributed by atoms with Crippen molar-refractivity contribution in [2.24, 2.45) is 0 Å². The first-order valence-electron chi connectivity index (χ1n) is 7.77. The van der Waals surface area contributed by atoms with Crippen molar-refractivity contribution >= 4 is 23.3 Å². The maximum atomic E-state index is 12.3. The van der Waals surface area contributed by atoms with Gasteiger partial charge in [-0.25, -0.2) is 14.8 Å². The summed E-state index contributed by atoms with van der Waals surface area (Å²) >= 11 is 1.65. The summed E-state index contributed by atoms with van der Waals surface area (Å²) in [5, 5.41) is 7.22. The first-order valence-corrected chi connectivity index (χ1v) is 8.71. The number of anilines is 1. The Bertz CT molecular complexity index is 619. The Morgan fingerprint density at radius 2 is 2.30 bits per heavy atom. The third-order valence-corrected chi connectivity index (χ3v) is 4.66. The van der Waals surface area contributed by atoms with E-state index in [4.69, 9.17) is 0 Å². The minimum absolute atomic E-state index is 0.0305. The molecule has 0 saturated carbocycles. The van der Waals surface area contributed by atoms with Gasteiger partial charge in [0.2, 0.25) is 5.95 Å². The smallest absolute Gasteiger partial charge is 0.317 e. The molecule has 23 heavy (non-hydrogen) atoms. The number of rotatable bonds is 4. The first-order chi connectivity index (χ1) is 11.2. The van der Waals surface area contributed by atoms with Crippen molar-refractivity contribution in [3.05, 3.63) is 40.8 Å². The molecule has 2 aromatic heterocycles. The van der Waals surface area contributed by atoms with E-state index in [9.17, 15) is 4.79 Å². The van der Waals surface area contributed by atoms with Gasteiger partial charge in [0.15, 0.2) is 0 Å². The fraction of sp³-hybridized carbons (Fsp3) is 0.438. The van der Waals surface area contributed by atoms with Gasteiger partial charge in [-0.15, -0.1) is 0 Å². The highest BCUT2D eigenvalue weighted by molar-refractivity contribution is 7.07. The standard InChI is InChI=1S/C16H21N5OS/c1-20(10-13-5-9-23-12-13)16(22)19-14-4-2-8-21(11-14)15-17-6-3-7-18-15/h3,5-7,9,12,14H,2,4,8,10-11H2,1H3,(H,19,22). The largest absolute Gasteiger partial charge is 0.339 e. The highest BCUT2D eigenvalue weighted by Gasteiger charge is 2.24. The van der Waals surface area contributed by atoms with Gasteiger partial charge in [0, 0.05) is 45.1 Å². The van der Waals surface area contributed by atoms with Crippen LogP contribution < -0.4 is 10.2 Å². The molecular formula is C16H21N5OS. The van der Waals surface area contributed by atoms with E-state index >= 15 is 0 Å². The van der Waals surface area contributed by atoms with Gasteiger partial charge in [-0.3, -0.25) is 0 Å². The Morgan fingerprint density at radius 1 is 1.48 bits per heavy atom. The van der Waals surface area contributed by atoms with Crippen molar-refractivity contribution in [2.45, 2.75) is 25.4 Å². The van der Waals surface area contributed by atoms with Gasteiger partial charge in [-0.2, -0.15) is 11.3 Å². The minimum atomic E-state index is -0.0305. The SMILES string of the molecule is CN(Cc1ccsc1)C(=O)NC1CCCN(c2ncccn2)C1. The van der Waals surface area contributed by atoms with Crippen LogP contribution in [-0.4, -0.2) is 47.1 Å². The number of nitrogens with one attached hydrogen (secondary N) is 1. The Balaban J connectivity index is 1.54. The Hall–Kier alpha value is -2.15. The lowest BCUT2D eigenvalue weighted by molar-refractivity contribution is 0.201. The van der Waals surface area contributed by atoms with E-state index in [0.717, 1.165) is 37.4 Å². The van der Waals surface area contributed by atoms with Crippen LogP contribution in [0.25, 0.3) is 0 Å². The van der Waals surface area contributed by atoms with E-state index in [2.05, 4.69) is 25.6 Å². The molecule has 1 saturated heterocycles. The lowest BCUT2D eigenvalue weighted by Gasteiger charge is -2.34. The molecule has 1 atom stereocenters. The molecule has 0 aromatic carbocycles. The molecule has 1 unspecified atom stereocenters. The molecule has 1 aliphatic rings. The third-order valence-electron chi connectivity index (χ3n) is 3.93. The van der Waals surface area contributed by atoms with Crippen molar-refractivity contribution in [1.82, 2.24) is 20.2 Å². The van der Waals surface area contributed by atoms with Crippen LogP contribution in [0.4, 0.5) is 10.7 Å². The second-order valence-corrected chi connectivity index (χ2v) is 6.55. The number of hydrogen-bond donors (Lipinski definition) is 1. The van der Waals surface area contributed by atoms with Gasteiger partial charge in [-0.05, 0) is 41.3 Å². The van der Waals surface area contributed by atoms with E-state index < -0.39 is 0 Å². The molecule has 2 amide bonds. The second kappa shape index (κ2) is 7.41. The van der Waals surface area contributed by atoms with E-state index in [1.165, 1.54) is 0 Å². The Morgan fingerprint density at radius 3 is 3.04 bits per heavy atom. The van der Waals surface area contributed by atoms with Crippen LogP contribution in [0.15, 0.2) is 35.3 Å². The normalized spacial score (nSPS) is 17.8. The maximum Gasteiger partial charge on any atom is 0.317 e. The van der Waals surface area contributed by atoms with Crippen molar-refractivity contribution in [3.8, 4) is 0 Å². The van der Waals surface area contributed by atoms with Crippen LogP contribution in [0.3, 0.4) is 0 Å². The van der Waals surface area contributed by atoms with Crippen LogP contribution in [0.2, 0.25) is 0 Å². The fourth-order valence-corrected chi connectivity index (χ4v) is 3.40. The molecule has 1 aliphatic heterocycles. The fourth-order valence-electron chi connectivity index (χ4n) is 2.74. The van der Waals surface area contributed by atoms with Gasteiger partial charge < -0.3 is 15.1 Å². The van der Waals surface area contributed by atoms with Crippen LogP contribution in [0.1, 0.15) is 18.4 Å². The molecule has 1 fully saturated rings. The third kappa shape index (κ3) is 4.19. The number of thiophene rings is 1. The van der Waals surface area contributed by atoms with Crippen molar-refractivity contribution in [1.29, 1.82) is 0 Å². The average Bonchev–Trinajstić information content (AvgIpc) is 3.09. The minimum Gasteiger partial charge on any atom is -0.339 e. The maximum absolute atomic E-state index is 12.3. The summed E-state index contributed by atoms with van der Waals surface area (Å²) in [6.07, 6.45) is 5.51. The predicted molar refractivity (Wildman–Crippen MR) is 91.6 cm³/mol. The molecule has 3 heterocycles. The van der Waals surface area contributed by atoms with Crippen molar-refractivity contribution in [2.75, 3.05) is 25.0 Å². The number of piperidine rings is 1. The molecule has 0 spiro atoms. The van der Waals surface area contributed by atoms with Crippen molar-refractivity contribution < 1.29 is 4.79 Å². The molecule has 0 aliphatic carbocycles. The summed E-state index contributed by atoms with van der Waals surface area (Å²) in [6.45, 7) is 2.32. The van der Waals surface area contributed by atoms with E-state index in [1.807, 2.05) is 24.6 Å². The Labute approximate surface area is 140 Å². The zero-order valence-electron chi connectivity index (χ0n) is 13.2. The van der Waals surface area contributed by atoms with Gasteiger partial charge in [-0.1, -0.05) is 0 Å². The molecule has 7 heteroatoms. The molecule has 6 nitrogen and oxygen atoms in total. The van der Waals surface area contributed by atoms with Gasteiger partial charge in [0.1, 0.15) is 0 Å². The van der Waals surface area contributed by atoms with Crippen LogP contribution >= 0.6 is 11.3 Å². The monoisotopic (exact) mass is 331 g/mol. The van der Waals surface area contributed by atoms with Gasteiger partial charge >= 0.3 is 6.03 Å². The van der Waals surface area contributed by atoms with E-state index in [-0.39, 0.29) is 12.1 Å². The first kappa shape index (κ1) is 15.7. The molecule has 122 valence electrons. The summed E-state index contributed by atoms with van der Waals surface area (Å²) in [5.74, 6) is 0.734. The summed E-state index contributed by atoms with van der Waals surface area (Å²) < 4.78 is 0. The Kier molecular flexibility index (Phi) is 5.07. The number of nitrogens with zero attached hydrogens (tertiary/aromatic N) is 4. The summed E-state index contributed by atoms with van der Waals surface area (Å²) in [4.78, 5) is 24.8. The van der Waals surface area contributed by atoms with Crippen LogP contribution in [0.5, 0.6) is 0 Å². The predicted octanol–water partition coefficient (Wildman–Crippen LogP) is 2.35. The van der Waals surface area contributed by atoms with Gasteiger partial charge in [0.05, 0.1) is 0 Å². The number of carbonyl (C=O) groups excluding carboxylic acids is 1. The molecule has 0 radical (unpaired) electrons.